The van der Waals surface area contributed by atoms with Crippen LogP contribution in [0.15, 0.2) is 78.9 Å². The van der Waals surface area contributed by atoms with Crippen molar-refractivity contribution < 1.29 is 9.53 Å². The quantitative estimate of drug-likeness (QED) is 0.635. The van der Waals surface area contributed by atoms with Crippen molar-refractivity contribution >= 4 is 5.78 Å². The zero-order valence-corrected chi connectivity index (χ0v) is 13.7. The van der Waals surface area contributed by atoms with E-state index >= 15 is 0 Å². The van der Waals surface area contributed by atoms with Gasteiger partial charge in [0.2, 0.25) is 0 Å². The molecule has 0 bridgehead atoms. The van der Waals surface area contributed by atoms with E-state index in [0.717, 1.165) is 28.0 Å². The minimum Gasteiger partial charge on any atom is -0.488 e. The maximum absolute atomic E-state index is 11.2. The average Bonchev–Trinajstić information content (AvgIpc) is 2.61. The van der Waals surface area contributed by atoms with Gasteiger partial charge < -0.3 is 4.74 Å². The van der Waals surface area contributed by atoms with E-state index in [1.807, 2.05) is 60.7 Å². The maximum atomic E-state index is 11.2. The van der Waals surface area contributed by atoms with E-state index in [9.17, 15) is 4.79 Å². The van der Waals surface area contributed by atoms with Crippen LogP contribution in [0.2, 0.25) is 0 Å². The summed E-state index contributed by atoms with van der Waals surface area (Å²) >= 11 is 0. The molecule has 3 rings (SSSR count). The Kier molecular flexibility index (Phi) is 5.07. The maximum Gasteiger partial charge on any atom is 0.134 e. The molecule has 0 N–H and O–H groups in total. The van der Waals surface area contributed by atoms with E-state index in [0.29, 0.717) is 13.0 Å². The lowest BCUT2D eigenvalue weighted by atomic mass is 10.0. The van der Waals surface area contributed by atoms with E-state index < -0.39 is 0 Å². The summed E-state index contributed by atoms with van der Waals surface area (Å²) in [5, 5.41) is 0. The number of carbonyl (C=O) groups is 1. The van der Waals surface area contributed by atoms with Gasteiger partial charge in [0.25, 0.3) is 0 Å². The van der Waals surface area contributed by atoms with Crippen LogP contribution in [-0.2, 0) is 17.8 Å². The fourth-order valence-electron chi connectivity index (χ4n) is 2.66. The number of ketones is 1. The Balaban J connectivity index is 1.79. The van der Waals surface area contributed by atoms with Crippen molar-refractivity contribution in [1.82, 2.24) is 0 Å². The van der Waals surface area contributed by atoms with Crippen LogP contribution in [0.4, 0.5) is 0 Å². The van der Waals surface area contributed by atoms with Crippen LogP contribution in [0.5, 0.6) is 5.75 Å². The van der Waals surface area contributed by atoms with E-state index in [2.05, 4.69) is 18.2 Å². The summed E-state index contributed by atoms with van der Waals surface area (Å²) < 4.78 is 6.02. The monoisotopic (exact) mass is 316 g/mol. The fraction of sp³-hybridized carbons (Fsp3) is 0.136. The number of Topliss-reactive ketones (excluding diaryl/α,β-unsaturated/α-hetero) is 1. The molecule has 3 aromatic rings. The Morgan fingerprint density at radius 2 is 1.46 bits per heavy atom. The highest BCUT2D eigenvalue weighted by Crippen LogP contribution is 2.30. The molecule has 0 aliphatic carbocycles. The zero-order chi connectivity index (χ0) is 16.8. The zero-order valence-electron chi connectivity index (χ0n) is 13.7. The van der Waals surface area contributed by atoms with Crippen LogP contribution in [0, 0.1) is 0 Å². The van der Waals surface area contributed by atoms with Gasteiger partial charge in [-0.3, -0.25) is 4.79 Å². The van der Waals surface area contributed by atoms with Crippen LogP contribution in [0.25, 0.3) is 11.1 Å². The van der Waals surface area contributed by atoms with Crippen molar-refractivity contribution in [1.29, 1.82) is 0 Å². The van der Waals surface area contributed by atoms with E-state index in [4.69, 9.17) is 4.74 Å². The number of ether oxygens (including phenoxy) is 1. The van der Waals surface area contributed by atoms with Gasteiger partial charge in [0.15, 0.2) is 0 Å². The molecule has 0 fully saturated rings. The Bertz CT molecular complexity index is 805. The fourth-order valence-corrected chi connectivity index (χ4v) is 2.66. The van der Waals surface area contributed by atoms with Crippen LogP contribution in [0.1, 0.15) is 18.1 Å². The Hall–Kier alpha value is -2.87. The summed E-state index contributed by atoms with van der Waals surface area (Å²) in [6.45, 7) is 2.15. The molecular formula is C22H20O2. The summed E-state index contributed by atoms with van der Waals surface area (Å²) in [7, 11) is 0. The van der Waals surface area contributed by atoms with Gasteiger partial charge in [0, 0.05) is 12.0 Å². The summed E-state index contributed by atoms with van der Waals surface area (Å²) in [5.74, 6) is 1.04. The molecule has 0 saturated carbocycles. The minimum absolute atomic E-state index is 0.175. The molecule has 0 saturated heterocycles. The van der Waals surface area contributed by atoms with Crippen molar-refractivity contribution in [3.8, 4) is 16.9 Å². The van der Waals surface area contributed by atoms with Gasteiger partial charge in [-0.25, -0.2) is 0 Å². The highest BCUT2D eigenvalue weighted by atomic mass is 16.5. The van der Waals surface area contributed by atoms with E-state index in [-0.39, 0.29) is 5.78 Å². The molecule has 2 nitrogen and oxygen atoms in total. The molecule has 0 atom stereocenters. The second kappa shape index (κ2) is 7.60. The molecule has 0 aromatic heterocycles. The Labute approximate surface area is 142 Å². The van der Waals surface area contributed by atoms with Gasteiger partial charge >= 0.3 is 0 Å². The number of carbonyl (C=O) groups excluding carboxylic acids is 1. The average molecular weight is 316 g/mol. The number of benzene rings is 3. The molecule has 0 heterocycles. The van der Waals surface area contributed by atoms with Crippen molar-refractivity contribution in [3.05, 3.63) is 90.0 Å². The number of para-hydroxylation sites is 1. The van der Waals surface area contributed by atoms with E-state index in [1.54, 1.807) is 6.92 Å². The van der Waals surface area contributed by atoms with Gasteiger partial charge in [-0.05, 0) is 29.7 Å². The van der Waals surface area contributed by atoms with Crippen LogP contribution < -0.4 is 4.74 Å². The lowest BCUT2D eigenvalue weighted by molar-refractivity contribution is -0.116. The molecule has 0 radical (unpaired) electrons. The van der Waals surface area contributed by atoms with Crippen molar-refractivity contribution in [2.45, 2.75) is 20.0 Å². The van der Waals surface area contributed by atoms with Crippen molar-refractivity contribution in [2.24, 2.45) is 0 Å². The van der Waals surface area contributed by atoms with Gasteiger partial charge in [-0.2, -0.15) is 0 Å². The predicted molar refractivity (Wildman–Crippen MR) is 97.0 cm³/mol. The molecule has 0 aliphatic rings. The normalized spacial score (nSPS) is 10.4. The summed E-state index contributed by atoms with van der Waals surface area (Å²) in [6, 6.07) is 26.3. The Morgan fingerprint density at radius 1 is 0.792 bits per heavy atom. The van der Waals surface area contributed by atoms with E-state index in [1.165, 1.54) is 0 Å². The third-order valence-electron chi connectivity index (χ3n) is 3.84. The third-order valence-corrected chi connectivity index (χ3v) is 3.84. The number of rotatable bonds is 6. The topological polar surface area (TPSA) is 26.3 Å². The highest BCUT2D eigenvalue weighted by molar-refractivity contribution is 5.78. The van der Waals surface area contributed by atoms with Crippen LogP contribution in [-0.4, -0.2) is 5.78 Å². The smallest absolute Gasteiger partial charge is 0.134 e. The predicted octanol–water partition coefficient (Wildman–Crippen LogP) is 5.06. The highest BCUT2D eigenvalue weighted by Gasteiger charge is 2.07. The van der Waals surface area contributed by atoms with Gasteiger partial charge in [-0.15, -0.1) is 0 Å². The van der Waals surface area contributed by atoms with Crippen molar-refractivity contribution in [2.75, 3.05) is 0 Å². The molecule has 0 aliphatic heterocycles. The molecule has 2 heteroatoms. The van der Waals surface area contributed by atoms with Crippen LogP contribution >= 0.6 is 0 Å². The largest absolute Gasteiger partial charge is 0.488 e. The molecule has 0 unspecified atom stereocenters. The van der Waals surface area contributed by atoms with Gasteiger partial charge in [0.05, 0.1) is 0 Å². The first-order chi connectivity index (χ1) is 11.7. The molecule has 0 spiro atoms. The number of hydrogen-bond donors (Lipinski definition) is 0. The number of hydrogen-bond acceptors (Lipinski definition) is 2. The first kappa shape index (κ1) is 16.0. The summed E-state index contributed by atoms with van der Waals surface area (Å²) in [6.07, 6.45) is 0.479. The molecule has 0 amide bonds. The standard InChI is InChI=1S/C22H20O2/c1-17(23)15-18-11-13-20(14-12-18)21-9-5-6-10-22(21)24-16-19-7-3-2-4-8-19/h2-14H,15-16H2,1H3. The molecule has 3 aromatic carbocycles. The molecule has 24 heavy (non-hydrogen) atoms. The summed E-state index contributed by atoms with van der Waals surface area (Å²) in [5.41, 5.74) is 4.33. The molecular weight excluding hydrogens is 296 g/mol. The lowest BCUT2D eigenvalue weighted by Crippen LogP contribution is -1.97. The first-order valence-corrected chi connectivity index (χ1v) is 8.07. The SMILES string of the molecule is CC(=O)Cc1ccc(-c2ccccc2OCc2ccccc2)cc1. The second-order valence-electron chi connectivity index (χ2n) is 5.85. The first-order valence-electron chi connectivity index (χ1n) is 8.07. The summed E-state index contributed by atoms with van der Waals surface area (Å²) in [4.78, 5) is 11.2. The molecule has 120 valence electrons. The second-order valence-corrected chi connectivity index (χ2v) is 5.85. The minimum atomic E-state index is 0.175. The van der Waals surface area contributed by atoms with Gasteiger partial charge in [0.1, 0.15) is 18.1 Å². The Morgan fingerprint density at radius 3 is 2.17 bits per heavy atom. The lowest BCUT2D eigenvalue weighted by Gasteiger charge is -2.12. The van der Waals surface area contributed by atoms with Gasteiger partial charge in [-0.1, -0.05) is 72.8 Å². The van der Waals surface area contributed by atoms with Crippen molar-refractivity contribution in [3.63, 3.8) is 0 Å². The van der Waals surface area contributed by atoms with Crippen LogP contribution in [0.3, 0.4) is 0 Å². The third kappa shape index (κ3) is 4.11.